The third-order valence-electron chi connectivity index (χ3n) is 5.51. The van der Waals surface area contributed by atoms with Crippen LogP contribution in [0.2, 0.25) is 0 Å². The van der Waals surface area contributed by atoms with E-state index in [1.54, 1.807) is 12.1 Å². The normalized spacial score (nSPS) is 28.5. The minimum absolute atomic E-state index is 0.168. The largest absolute Gasteiger partial charge is 0.378 e. The van der Waals surface area contributed by atoms with Gasteiger partial charge in [-0.1, -0.05) is 25.0 Å². The molecule has 1 N–H and O–H groups in total. The van der Waals surface area contributed by atoms with Gasteiger partial charge in [0.2, 0.25) is 0 Å². The lowest BCUT2D eigenvalue weighted by Crippen LogP contribution is -2.63. The maximum Gasteiger partial charge on any atom is 0.123 e. The highest BCUT2D eigenvalue weighted by molar-refractivity contribution is 5.20. The van der Waals surface area contributed by atoms with E-state index < -0.39 is 0 Å². The van der Waals surface area contributed by atoms with Crippen molar-refractivity contribution in [3.05, 3.63) is 35.6 Å². The average Bonchev–Trinajstić information content (AvgIpc) is 2.99. The fraction of sp³-hybridized carbons (Fsp3) is 0.667. The Morgan fingerprint density at radius 3 is 2.57 bits per heavy atom. The molecule has 1 aromatic rings. The molecule has 2 aliphatic rings. The molecule has 2 aliphatic carbocycles. The van der Waals surface area contributed by atoms with Crippen LogP contribution in [0.4, 0.5) is 4.39 Å². The molecule has 0 saturated heterocycles. The van der Waals surface area contributed by atoms with Gasteiger partial charge >= 0.3 is 0 Å². The topological polar surface area (TPSA) is 21.3 Å². The van der Waals surface area contributed by atoms with Gasteiger partial charge in [-0.15, -0.1) is 0 Å². The van der Waals surface area contributed by atoms with E-state index in [0.717, 1.165) is 18.6 Å². The number of ether oxygens (including phenoxy) is 1. The fourth-order valence-corrected chi connectivity index (χ4v) is 4.27. The Hall–Kier alpha value is -0.930. The third-order valence-corrected chi connectivity index (χ3v) is 5.51. The predicted molar refractivity (Wildman–Crippen MR) is 82.7 cm³/mol. The molecule has 3 unspecified atom stereocenters. The smallest absolute Gasteiger partial charge is 0.123 e. The number of halogens is 1. The van der Waals surface area contributed by atoms with Gasteiger partial charge in [0.15, 0.2) is 0 Å². The average molecular weight is 291 g/mol. The summed E-state index contributed by atoms with van der Waals surface area (Å²) >= 11 is 0. The molecule has 0 radical (unpaired) electrons. The van der Waals surface area contributed by atoms with Crippen molar-refractivity contribution in [3.8, 4) is 0 Å². The van der Waals surface area contributed by atoms with Crippen LogP contribution in [0.3, 0.4) is 0 Å². The Labute approximate surface area is 127 Å². The van der Waals surface area contributed by atoms with E-state index in [2.05, 4.69) is 19.2 Å². The zero-order valence-corrected chi connectivity index (χ0v) is 13.1. The van der Waals surface area contributed by atoms with Crippen LogP contribution in [0, 0.1) is 11.2 Å². The first kappa shape index (κ1) is 15.0. The van der Waals surface area contributed by atoms with E-state index in [9.17, 15) is 4.39 Å². The molecule has 1 aromatic carbocycles. The second-order valence-corrected chi connectivity index (χ2v) is 6.61. The van der Waals surface area contributed by atoms with Gasteiger partial charge in [0.25, 0.3) is 0 Å². The zero-order chi connectivity index (χ0) is 14.9. The number of nitrogens with one attached hydrogen (secondary N) is 1. The number of rotatable bonds is 5. The molecule has 0 bridgehead atoms. The molecule has 1 spiro atoms. The SMILES string of the molecule is CCOC1CC(NC(C)c2ccc(F)cc2)C12CCCC2. The van der Waals surface area contributed by atoms with E-state index in [4.69, 9.17) is 4.74 Å². The van der Waals surface area contributed by atoms with Gasteiger partial charge < -0.3 is 10.1 Å². The second-order valence-electron chi connectivity index (χ2n) is 6.61. The van der Waals surface area contributed by atoms with Gasteiger partial charge in [0.1, 0.15) is 5.82 Å². The minimum Gasteiger partial charge on any atom is -0.378 e. The molecule has 3 heteroatoms. The van der Waals surface area contributed by atoms with Gasteiger partial charge in [0.05, 0.1) is 6.10 Å². The highest BCUT2D eigenvalue weighted by Gasteiger charge is 2.56. The van der Waals surface area contributed by atoms with Crippen molar-refractivity contribution in [3.63, 3.8) is 0 Å². The number of benzene rings is 1. The molecule has 3 rings (SSSR count). The van der Waals surface area contributed by atoms with E-state index in [-0.39, 0.29) is 11.9 Å². The number of hydrogen-bond donors (Lipinski definition) is 1. The Balaban J connectivity index is 1.66. The van der Waals surface area contributed by atoms with Crippen LogP contribution < -0.4 is 5.32 Å². The Morgan fingerprint density at radius 2 is 1.95 bits per heavy atom. The summed E-state index contributed by atoms with van der Waals surface area (Å²) in [5, 5.41) is 3.77. The summed E-state index contributed by atoms with van der Waals surface area (Å²) in [7, 11) is 0. The fourth-order valence-electron chi connectivity index (χ4n) is 4.27. The summed E-state index contributed by atoms with van der Waals surface area (Å²) in [5.74, 6) is -0.168. The van der Waals surface area contributed by atoms with Crippen molar-refractivity contribution in [2.75, 3.05) is 6.61 Å². The Morgan fingerprint density at radius 1 is 1.29 bits per heavy atom. The van der Waals surface area contributed by atoms with Crippen LogP contribution in [0.1, 0.15) is 57.6 Å². The number of hydrogen-bond acceptors (Lipinski definition) is 2. The highest BCUT2D eigenvalue weighted by Crippen LogP contribution is 2.55. The van der Waals surface area contributed by atoms with Crippen LogP contribution in [0.5, 0.6) is 0 Å². The summed E-state index contributed by atoms with van der Waals surface area (Å²) < 4.78 is 19.0. The molecule has 0 aromatic heterocycles. The van der Waals surface area contributed by atoms with Crippen LogP contribution in [-0.2, 0) is 4.74 Å². The molecule has 21 heavy (non-hydrogen) atoms. The van der Waals surface area contributed by atoms with Crippen LogP contribution in [-0.4, -0.2) is 18.8 Å². The van der Waals surface area contributed by atoms with Gasteiger partial charge in [-0.05, 0) is 50.8 Å². The molecule has 2 nitrogen and oxygen atoms in total. The van der Waals surface area contributed by atoms with Gasteiger partial charge in [-0.25, -0.2) is 4.39 Å². The molecule has 0 aliphatic heterocycles. The molecule has 3 atom stereocenters. The summed E-state index contributed by atoms with van der Waals surface area (Å²) in [6.07, 6.45) is 6.76. The van der Waals surface area contributed by atoms with Crippen molar-refractivity contribution < 1.29 is 9.13 Å². The van der Waals surface area contributed by atoms with Gasteiger partial charge in [-0.3, -0.25) is 0 Å². The van der Waals surface area contributed by atoms with Crippen molar-refractivity contribution in [2.24, 2.45) is 5.41 Å². The first-order valence-corrected chi connectivity index (χ1v) is 8.29. The molecule has 2 saturated carbocycles. The van der Waals surface area contributed by atoms with Crippen molar-refractivity contribution in [1.82, 2.24) is 5.32 Å². The lowest BCUT2D eigenvalue weighted by atomic mass is 9.60. The van der Waals surface area contributed by atoms with E-state index in [0.29, 0.717) is 17.6 Å². The lowest BCUT2D eigenvalue weighted by molar-refractivity contribution is -0.132. The Bertz CT molecular complexity index is 467. The molecule has 2 fully saturated rings. The van der Waals surface area contributed by atoms with Gasteiger partial charge in [-0.2, -0.15) is 0 Å². The van der Waals surface area contributed by atoms with Crippen LogP contribution >= 0.6 is 0 Å². The summed E-state index contributed by atoms with van der Waals surface area (Å²) in [4.78, 5) is 0. The van der Waals surface area contributed by atoms with Crippen molar-refractivity contribution in [2.45, 2.75) is 64.1 Å². The second kappa shape index (κ2) is 6.05. The van der Waals surface area contributed by atoms with Gasteiger partial charge in [0, 0.05) is 24.1 Å². The maximum atomic E-state index is 13.0. The van der Waals surface area contributed by atoms with E-state index >= 15 is 0 Å². The third kappa shape index (κ3) is 2.74. The standard InChI is InChI=1S/C18H26FNO/c1-3-21-17-12-16(18(17)10-4-5-11-18)20-13(2)14-6-8-15(19)9-7-14/h6-9,13,16-17,20H,3-5,10-12H2,1-2H3. The highest BCUT2D eigenvalue weighted by atomic mass is 19.1. The predicted octanol–water partition coefficient (Wildman–Crippen LogP) is 4.21. The van der Waals surface area contributed by atoms with Crippen LogP contribution in [0.25, 0.3) is 0 Å². The quantitative estimate of drug-likeness (QED) is 0.877. The molecule has 116 valence electrons. The van der Waals surface area contributed by atoms with E-state index in [1.165, 1.54) is 25.7 Å². The first-order valence-electron chi connectivity index (χ1n) is 8.29. The van der Waals surface area contributed by atoms with Crippen molar-refractivity contribution in [1.29, 1.82) is 0 Å². The van der Waals surface area contributed by atoms with Crippen molar-refractivity contribution >= 4 is 0 Å². The Kier molecular flexibility index (Phi) is 4.32. The minimum atomic E-state index is -0.168. The molecule has 0 amide bonds. The summed E-state index contributed by atoms with van der Waals surface area (Å²) in [5.41, 5.74) is 1.51. The molecule has 0 heterocycles. The van der Waals surface area contributed by atoms with Crippen LogP contribution in [0.15, 0.2) is 24.3 Å². The summed E-state index contributed by atoms with van der Waals surface area (Å²) in [6.45, 7) is 5.07. The van der Waals surface area contributed by atoms with E-state index in [1.807, 2.05) is 12.1 Å². The zero-order valence-electron chi connectivity index (χ0n) is 13.1. The lowest BCUT2D eigenvalue weighted by Gasteiger charge is -2.55. The first-order chi connectivity index (χ1) is 10.2. The summed E-state index contributed by atoms with van der Waals surface area (Å²) in [6, 6.07) is 7.65. The molecular weight excluding hydrogens is 265 g/mol. The monoisotopic (exact) mass is 291 g/mol. The molecular formula is C18H26FNO. The maximum absolute atomic E-state index is 13.0.